The third-order valence-electron chi connectivity index (χ3n) is 3.79. The van der Waals surface area contributed by atoms with Gasteiger partial charge in [-0.3, -0.25) is 9.59 Å². The lowest BCUT2D eigenvalue weighted by Gasteiger charge is -2.19. The van der Waals surface area contributed by atoms with Gasteiger partial charge in [0.05, 0.1) is 0 Å². The van der Waals surface area contributed by atoms with Gasteiger partial charge in [0, 0.05) is 18.3 Å². The summed E-state index contributed by atoms with van der Waals surface area (Å²) in [5.74, 6) is -0.687. The highest BCUT2D eigenvalue weighted by Gasteiger charge is 2.25. The van der Waals surface area contributed by atoms with E-state index in [0.29, 0.717) is 23.5 Å². The summed E-state index contributed by atoms with van der Waals surface area (Å²) in [4.78, 5) is 35.6. The summed E-state index contributed by atoms with van der Waals surface area (Å²) in [5, 5.41) is 5.30. The first-order valence-corrected chi connectivity index (χ1v) is 8.99. The molecule has 0 spiro atoms. The Morgan fingerprint density at radius 3 is 2.04 bits per heavy atom. The Morgan fingerprint density at radius 2 is 1.50 bits per heavy atom. The molecular weight excluding hydrogens is 360 g/mol. The molecular formula is C21H24N2O5. The van der Waals surface area contributed by atoms with Gasteiger partial charge < -0.3 is 20.1 Å². The minimum Gasteiger partial charge on any atom is -0.479 e. The number of ether oxygens (including phenoxy) is 2. The Kier molecular flexibility index (Phi) is 7.56. The Labute approximate surface area is 164 Å². The van der Waals surface area contributed by atoms with Crippen molar-refractivity contribution in [3.63, 3.8) is 0 Å². The Bertz CT molecular complexity index is 805. The first-order chi connectivity index (χ1) is 13.4. The average molecular weight is 384 g/mol. The van der Waals surface area contributed by atoms with E-state index in [1.54, 1.807) is 55.5 Å². The zero-order valence-electron chi connectivity index (χ0n) is 16.1. The van der Waals surface area contributed by atoms with Crippen molar-refractivity contribution < 1.29 is 23.9 Å². The van der Waals surface area contributed by atoms with Gasteiger partial charge in [-0.1, -0.05) is 25.1 Å². The molecule has 0 unspecified atom stereocenters. The highest BCUT2D eigenvalue weighted by Crippen LogP contribution is 2.16. The second-order valence-electron chi connectivity index (χ2n) is 6.15. The Balaban J connectivity index is 1.89. The maximum absolute atomic E-state index is 12.3. The number of carbonyl (C=O) groups excluding carboxylic acids is 3. The third-order valence-corrected chi connectivity index (χ3v) is 3.79. The molecule has 2 amide bonds. The number of hydrogen-bond acceptors (Lipinski definition) is 5. The van der Waals surface area contributed by atoms with E-state index in [-0.39, 0.29) is 5.91 Å². The number of anilines is 2. The fourth-order valence-electron chi connectivity index (χ4n) is 2.35. The molecule has 2 N–H and O–H groups in total. The highest BCUT2D eigenvalue weighted by atomic mass is 16.6. The minimum atomic E-state index is -0.990. The van der Waals surface area contributed by atoms with E-state index in [0.717, 1.165) is 0 Å². The first kappa shape index (κ1) is 21.0. The number of carbonyl (C=O) groups is 3. The topological polar surface area (TPSA) is 93.7 Å². The summed E-state index contributed by atoms with van der Waals surface area (Å²) in [6.07, 6.45) is -1.38. The number of nitrogens with one attached hydrogen (secondary N) is 2. The number of esters is 1. The summed E-state index contributed by atoms with van der Waals surface area (Å²) in [7, 11) is 0. The van der Waals surface area contributed by atoms with Gasteiger partial charge >= 0.3 is 5.97 Å². The molecule has 2 aromatic rings. The van der Waals surface area contributed by atoms with Crippen LogP contribution in [-0.2, 0) is 19.1 Å². The third kappa shape index (κ3) is 6.42. The summed E-state index contributed by atoms with van der Waals surface area (Å²) < 4.78 is 10.9. The first-order valence-electron chi connectivity index (χ1n) is 8.99. The van der Waals surface area contributed by atoms with E-state index < -0.39 is 24.1 Å². The van der Waals surface area contributed by atoms with Gasteiger partial charge in [-0.15, -0.1) is 0 Å². The predicted molar refractivity (Wildman–Crippen MR) is 106 cm³/mol. The molecule has 7 nitrogen and oxygen atoms in total. The maximum atomic E-state index is 12.3. The molecule has 0 aliphatic carbocycles. The SMILES string of the molecule is CC[C@@H](Oc1ccccc1)C(=O)O[C@@H](C)C(=O)Nc1ccc(NC(C)=O)cc1. The van der Waals surface area contributed by atoms with Crippen LogP contribution in [0.4, 0.5) is 11.4 Å². The highest BCUT2D eigenvalue weighted by molar-refractivity contribution is 5.96. The van der Waals surface area contributed by atoms with Gasteiger partial charge in [0.15, 0.2) is 12.2 Å². The van der Waals surface area contributed by atoms with E-state index in [1.165, 1.54) is 13.8 Å². The van der Waals surface area contributed by atoms with Gasteiger partial charge in [0.2, 0.25) is 5.91 Å². The lowest BCUT2D eigenvalue weighted by atomic mass is 10.2. The molecule has 0 heterocycles. The van der Waals surface area contributed by atoms with Crippen LogP contribution in [0.15, 0.2) is 54.6 Å². The predicted octanol–water partition coefficient (Wildman–Crippen LogP) is 3.37. The molecule has 0 bridgehead atoms. The van der Waals surface area contributed by atoms with E-state index in [4.69, 9.17) is 9.47 Å². The fraction of sp³-hybridized carbons (Fsp3) is 0.286. The molecule has 2 atom stereocenters. The van der Waals surface area contributed by atoms with Crippen LogP contribution < -0.4 is 15.4 Å². The van der Waals surface area contributed by atoms with Gasteiger partial charge in [0.1, 0.15) is 5.75 Å². The van der Waals surface area contributed by atoms with E-state index in [9.17, 15) is 14.4 Å². The number of rotatable bonds is 8. The van der Waals surface area contributed by atoms with Crippen LogP contribution in [0.2, 0.25) is 0 Å². The van der Waals surface area contributed by atoms with Gasteiger partial charge in [-0.25, -0.2) is 4.79 Å². The molecule has 2 rings (SSSR count). The number of amides is 2. The molecule has 0 saturated heterocycles. The zero-order chi connectivity index (χ0) is 20.5. The Morgan fingerprint density at radius 1 is 0.929 bits per heavy atom. The molecule has 0 saturated carbocycles. The lowest BCUT2D eigenvalue weighted by molar-refractivity contribution is -0.160. The van der Waals surface area contributed by atoms with Crippen molar-refractivity contribution in [1.29, 1.82) is 0 Å². The molecule has 148 valence electrons. The van der Waals surface area contributed by atoms with E-state index in [1.807, 2.05) is 6.07 Å². The quantitative estimate of drug-likeness (QED) is 0.681. The average Bonchev–Trinajstić information content (AvgIpc) is 2.67. The van der Waals surface area contributed by atoms with E-state index in [2.05, 4.69) is 10.6 Å². The summed E-state index contributed by atoms with van der Waals surface area (Å²) in [6, 6.07) is 15.6. The van der Waals surface area contributed by atoms with Crippen LogP contribution in [0.1, 0.15) is 27.2 Å². The van der Waals surface area contributed by atoms with Crippen molar-refractivity contribution >= 4 is 29.2 Å². The molecule has 0 radical (unpaired) electrons. The normalized spacial score (nSPS) is 12.4. The summed E-state index contributed by atoms with van der Waals surface area (Å²) >= 11 is 0. The smallest absolute Gasteiger partial charge is 0.348 e. The number of benzene rings is 2. The molecule has 0 aliphatic heterocycles. The van der Waals surface area contributed by atoms with Crippen LogP contribution in [0.25, 0.3) is 0 Å². The molecule has 0 aromatic heterocycles. The lowest BCUT2D eigenvalue weighted by Crippen LogP contribution is -2.36. The summed E-state index contributed by atoms with van der Waals surface area (Å²) in [6.45, 7) is 4.71. The second-order valence-corrected chi connectivity index (χ2v) is 6.15. The van der Waals surface area contributed by atoms with Gasteiger partial charge in [-0.2, -0.15) is 0 Å². The molecule has 0 fully saturated rings. The van der Waals surface area contributed by atoms with Crippen molar-refractivity contribution in [2.45, 2.75) is 39.4 Å². The van der Waals surface area contributed by atoms with Gasteiger partial charge in [0.25, 0.3) is 5.91 Å². The van der Waals surface area contributed by atoms with Crippen molar-refractivity contribution in [2.75, 3.05) is 10.6 Å². The van der Waals surface area contributed by atoms with E-state index >= 15 is 0 Å². The van der Waals surface area contributed by atoms with Crippen LogP contribution in [-0.4, -0.2) is 30.0 Å². The standard InChI is InChI=1S/C21H24N2O5/c1-4-19(28-18-8-6-5-7-9-18)21(26)27-14(2)20(25)23-17-12-10-16(11-13-17)22-15(3)24/h5-14,19H,4H2,1-3H3,(H,22,24)(H,23,25)/t14-,19+/m0/s1. The minimum absolute atomic E-state index is 0.180. The maximum Gasteiger partial charge on any atom is 0.348 e. The molecule has 0 aliphatic rings. The van der Waals surface area contributed by atoms with Crippen molar-refractivity contribution in [1.82, 2.24) is 0 Å². The molecule has 28 heavy (non-hydrogen) atoms. The monoisotopic (exact) mass is 384 g/mol. The molecule has 7 heteroatoms. The number of hydrogen-bond donors (Lipinski definition) is 2. The second kappa shape index (κ2) is 10.1. The zero-order valence-corrected chi connectivity index (χ0v) is 16.1. The van der Waals surface area contributed by atoms with Gasteiger partial charge in [-0.05, 0) is 49.7 Å². The van der Waals surface area contributed by atoms with Crippen molar-refractivity contribution in [3.8, 4) is 5.75 Å². The van der Waals surface area contributed by atoms with Crippen LogP contribution >= 0.6 is 0 Å². The van der Waals surface area contributed by atoms with Crippen molar-refractivity contribution in [3.05, 3.63) is 54.6 Å². The molecule has 2 aromatic carbocycles. The van der Waals surface area contributed by atoms with Crippen LogP contribution in [0.5, 0.6) is 5.75 Å². The fourth-order valence-corrected chi connectivity index (χ4v) is 2.35. The largest absolute Gasteiger partial charge is 0.479 e. The van der Waals surface area contributed by atoms with Crippen LogP contribution in [0, 0.1) is 0 Å². The van der Waals surface area contributed by atoms with Crippen molar-refractivity contribution in [2.24, 2.45) is 0 Å². The van der Waals surface area contributed by atoms with Crippen LogP contribution in [0.3, 0.4) is 0 Å². The summed E-state index contributed by atoms with van der Waals surface area (Å²) in [5.41, 5.74) is 1.14. The Hall–Kier alpha value is -3.35. The number of para-hydroxylation sites is 1.